The zero-order valence-corrected chi connectivity index (χ0v) is 20.2. The number of nitrogens with one attached hydrogen (secondary N) is 2. The fourth-order valence-corrected chi connectivity index (χ4v) is 3.89. The number of anilines is 1. The van der Waals surface area contributed by atoms with Crippen molar-refractivity contribution in [2.24, 2.45) is 0 Å². The molecule has 3 amide bonds. The second kappa shape index (κ2) is 12.4. The molecule has 0 saturated heterocycles. The maximum atomic E-state index is 12.9. The number of nitrogens with zero attached hydrogens (tertiary/aromatic N) is 2. The highest BCUT2D eigenvalue weighted by Gasteiger charge is 2.20. The molecule has 2 N–H and O–H groups in total. The molecule has 0 atom stereocenters. The average molecular weight is 445 g/mol. The maximum absolute atomic E-state index is 12.9. The second-order valence-corrected chi connectivity index (χ2v) is 9.31. The number of hydrogen-bond acceptors (Lipinski definition) is 4. The molecule has 1 heterocycles. The first-order valence-electron chi connectivity index (χ1n) is 11.2. The summed E-state index contributed by atoms with van der Waals surface area (Å²) in [5, 5.41) is 8.40. The van der Waals surface area contributed by atoms with Gasteiger partial charge in [-0.15, -0.1) is 11.3 Å². The number of carbonyl (C=O) groups is 2. The molecule has 1 aromatic heterocycles. The molecule has 0 aliphatic heterocycles. The van der Waals surface area contributed by atoms with Crippen molar-refractivity contribution in [3.63, 3.8) is 0 Å². The third-order valence-electron chi connectivity index (χ3n) is 5.12. The van der Waals surface area contributed by atoms with E-state index in [1.165, 1.54) is 29.7 Å². The predicted molar refractivity (Wildman–Crippen MR) is 129 cm³/mol. The minimum Gasteiger partial charge on any atom is -0.351 e. The monoisotopic (exact) mass is 444 g/mol. The van der Waals surface area contributed by atoms with E-state index in [1.807, 2.05) is 38.1 Å². The van der Waals surface area contributed by atoms with E-state index in [9.17, 15) is 9.59 Å². The van der Waals surface area contributed by atoms with Gasteiger partial charge in [-0.1, -0.05) is 52.2 Å². The highest BCUT2D eigenvalue weighted by atomic mass is 32.1. The molecule has 7 heteroatoms. The van der Waals surface area contributed by atoms with Gasteiger partial charge in [0, 0.05) is 23.7 Å². The number of rotatable bonds is 11. The lowest BCUT2D eigenvalue weighted by atomic mass is 10.0. The summed E-state index contributed by atoms with van der Waals surface area (Å²) in [4.78, 5) is 31.3. The van der Waals surface area contributed by atoms with Gasteiger partial charge in [-0.25, -0.2) is 9.78 Å². The highest BCUT2D eigenvalue weighted by Crippen LogP contribution is 2.19. The molecular formula is C24H36N4O2S. The Morgan fingerprint density at radius 2 is 1.77 bits per heavy atom. The number of benzene rings is 1. The number of amides is 3. The maximum Gasteiger partial charge on any atom is 0.322 e. The van der Waals surface area contributed by atoms with Crippen molar-refractivity contribution < 1.29 is 9.59 Å². The molecule has 0 aliphatic rings. The summed E-state index contributed by atoms with van der Waals surface area (Å²) < 4.78 is 0. The van der Waals surface area contributed by atoms with Gasteiger partial charge in [-0.05, 0) is 43.9 Å². The summed E-state index contributed by atoms with van der Waals surface area (Å²) >= 11 is 1.41. The summed E-state index contributed by atoms with van der Waals surface area (Å²) in [5.74, 6) is 0.300. The van der Waals surface area contributed by atoms with E-state index in [-0.39, 0.29) is 18.0 Å². The van der Waals surface area contributed by atoms with Crippen LogP contribution in [0, 0.1) is 0 Å². The van der Waals surface area contributed by atoms with Crippen LogP contribution in [-0.4, -0.2) is 34.4 Å². The van der Waals surface area contributed by atoms with Gasteiger partial charge >= 0.3 is 6.03 Å². The van der Waals surface area contributed by atoms with Gasteiger partial charge in [-0.3, -0.25) is 4.79 Å². The normalized spacial score (nSPS) is 11.1. The molecule has 0 saturated carbocycles. The van der Waals surface area contributed by atoms with Crippen LogP contribution < -0.4 is 10.6 Å². The zero-order chi connectivity index (χ0) is 22.8. The topological polar surface area (TPSA) is 74.3 Å². The van der Waals surface area contributed by atoms with E-state index in [4.69, 9.17) is 0 Å². The van der Waals surface area contributed by atoms with Gasteiger partial charge in [-0.2, -0.15) is 0 Å². The highest BCUT2D eigenvalue weighted by molar-refractivity contribution is 7.09. The second-order valence-electron chi connectivity index (χ2n) is 8.37. The summed E-state index contributed by atoms with van der Waals surface area (Å²) in [6.45, 7) is 11.4. The summed E-state index contributed by atoms with van der Waals surface area (Å²) in [6, 6.07) is 7.75. The minimum atomic E-state index is -0.176. The van der Waals surface area contributed by atoms with Gasteiger partial charge < -0.3 is 15.5 Å². The van der Waals surface area contributed by atoms with Crippen LogP contribution in [0.1, 0.15) is 87.3 Å². The van der Waals surface area contributed by atoms with Crippen LogP contribution in [0.5, 0.6) is 0 Å². The average Bonchev–Trinajstić information content (AvgIpc) is 3.20. The van der Waals surface area contributed by atoms with Crippen LogP contribution in [0.2, 0.25) is 0 Å². The Balaban J connectivity index is 1.94. The zero-order valence-electron chi connectivity index (χ0n) is 19.4. The van der Waals surface area contributed by atoms with Crippen LogP contribution >= 0.6 is 11.3 Å². The third-order valence-corrected chi connectivity index (χ3v) is 5.95. The molecular weight excluding hydrogens is 408 g/mol. The molecule has 0 fully saturated rings. The van der Waals surface area contributed by atoms with Crippen molar-refractivity contribution >= 4 is 29.0 Å². The molecule has 2 aromatic rings. The minimum absolute atomic E-state index is 0.00493. The van der Waals surface area contributed by atoms with Crippen LogP contribution in [-0.2, 0) is 6.54 Å². The van der Waals surface area contributed by atoms with Crippen molar-refractivity contribution in [3.05, 3.63) is 45.9 Å². The van der Waals surface area contributed by atoms with Crippen LogP contribution in [0.15, 0.2) is 29.6 Å². The summed E-state index contributed by atoms with van der Waals surface area (Å²) in [6.07, 6.45) is 4.46. The van der Waals surface area contributed by atoms with Crippen molar-refractivity contribution in [1.29, 1.82) is 0 Å². The number of unbranched alkanes of at least 4 members (excludes halogenated alkanes) is 3. The summed E-state index contributed by atoms with van der Waals surface area (Å²) in [5.41, 5.74) is 2.42. The van der Waals surface area contributed by atoms with Crippen molar-refractivity contribution in [2.45, 2.75) is 78.8 Å². The van der Waals surface area contributed by atoms with Crippen LogP contribution in [0.25, 0.3) is 0 Å². The van der Waals surface area contributed by atoms with Gasteiger partial charge in [0.25, 0.3) is 5.91 Å². The predicted octanol–water partition coefficient (Wildman–Crippen LogP) is 6.02. The van der Waals surface area contributed by atoms with Crippen molar-refractivity contribution in [1.82, 2.24) is 15.2 Å². The number of carbonyl (C=O) groups excluding carboxylic acids is 2. The van der Waals surface area contributed by atoms with Gasteiger partial charge in [0.15, 0.2) is 0 Å². The van der Waals surface area contributed by atoms with E-state index < -0.39 is 0 Å². The lowest BCUT2D eigenvalue weighted by Gasteiger charge is -2.26. The SMILES string of the molecule is CCCCCCNC(=O)c1csc(CN(C(=O)Nc2ccc(C(C)C)cc2)C(C)C)n1. The molecule has 170 valence electrons. The van der Waals surface area contributed by atoms with E-state index >= 15 is 0 Å². The Morgan fingerprint density at radius 1 is 1.06 bits per heavy atom. The number of aromatic nitrogens is 1. The van der Waals surface area contributed by atoms with Crippen molar-refractivity contribution in [2.75, 3.05) is 11.9 Å². The standard InChI is InChI=1S/C24H36N4O2S/c1-6-7-8-9-14-25-23(29)21-16-31-22(27-21)15-28(18(4)5)24(30)26-20-12-10-19(11-13-20)17(2)3/h10-13,16-18H,6-9,14-15H2,1-5H3,(H,25,29)(H,26,30). The quantitative estimate of drug-likeness (QED) is 0.416. The van der Waals surface area contributed by atoms with E-state index in [2.05, 4.69) is 36.4 Å². The lowest BCUT2D eigenvalue weighted by molar-refractivity contribution is 0.0948. The lowest BCUT2D eigenvalue weighted by Crippen LogP contribution is -2.39. The molecule has 31 heavy (non-hydrogen) atoms. The molecule has 0 aliphatic carbocycles. The fourth-order valence-electron chi connectivity index (χ4n) is 3.11. The smallest absolute Gasteiger partial charge is 0.322 e. The Bertz CT molecular complexity index is 830. The van der Waals surface area contributed by atoms with E-state index in [1.54, 1.807) is 10.3 Å². The number of hydrogen-bond donors (Lipinski definition) is 2. The Kier molecular flexibility index (Phi) is 9.98. The van der Waals surface area contributed by atoms with E-state index in [0.29, 0.717) is 24.7 Å². The number of urea groups is 1. The molecule has 6 nitrogen and oxygen atoms in total. The Labute approximate surface area is 190 Å². The fraction of sp³-hybridized carbons (Fsp3) is 0.542. The molecule has 0 unspecified atom stereocenters. The van der Waals surface area contributed by atoms with E-state index in [0.717, 1.165) is 23.5 Å². The van der Waals surface area contributed by atoms with Gasteiger partial charge in [0.1, 0.15) is 10.7 Å². The molecule has 2 rings (SSSR count). The third kappa shape index (κ3) is 7.98. The van der Waals surface area contributed by atoms with Gasteiger partial charge in [0.2, 0.25) is 0 Å². The van der Waals surface area contributed by atoms with Gasteiger partial charge in [0.05, 0.1) is 6.54 Å². The molecule has 0 bridgehead atoms. The number of thiazole rings is 1. The molecule has 1 aromatic carbocycles. The first kappa shape index (κ1) is 24.9. The largest absolute Gasteiger partial charge is 0.351 e. The van der Waals surface area contributed by atoms with Crippen LogP contribution in [0.3, 0.4) is 0 Å². The molecule has 0 radical (unpaired) electrons. The molecule has 0 spiro atoms. The first-order valence-corrected chi connectivity index (χ1v) is 12.1. The Morgan fingerprint density at radius 3 is 2.39 bits per heavy atom. The van der Waals surface area contributed by atoms with Crippen molar-refractivity contribution in [3.8, 4) is 0 Å². The Hall–Kier alpha value is -2.41. The first-order chi connectivity index (χ1) is 14.8. The van der Waals surface area contributed by atoms with Crippen LogP contribution in [0.4, 0.5) is 10.5 Å². The summed E-state index contributed by atoms with van der Waals surface area (Å²) in [7, 11) is 0.